The summed E-state index contributed by atoms with van der Waals surface area (Å²) in [5.74, 6) is 0.215. The number of alkyl carbamates (subject to hydrolysis) is 2. The van der Waals surface area contributed by atoms with Gasteiger partial charge < -0.3 is 41.0 Å². The fraction of sp³-hybridized carbons (Fsp3) is 0.453. The number of carbonyl (C=O) groups excluding carboxylic acids is 2. The van der Waals surface area contributed by atoms with Crippen LogP contribution < -0.4 is 31.5 Å². The SMILES string of the molecule is CC(C)(C)OC(=O)NC1CCN(c2nncc(-c3ccc(F)cc3)n2)CC1.CC(C)(C)OC(=O)NC1CCNCC1.CS(=O)(=O)c1nncc(-c2ccc(F)cc2)n1.NC1CCN(c2nncc(-c3ccc(F)cc3)n2)CC1. The molecule has 0 aliphatic carbocycles. The number of carbonyl (C=O) groups is 2. The summed E-state index contributed by atoms with van der Waals surface area (Å²) in [6.07, 6.45) is 10.2. The molecule has 9 rings (SSSR count). The molecule has 78 heavy (non-hydrogen) atoms. The molecule has 2 amide bonds. The number of benzene rings is 3. The Morgan fingerprint density at radius 3 is 1.28 bits per heavy atom. The summed E-state index contributed by atoms with van der Waals surface area (Å²) in [4.78, 5) is 40.3. The Kier molecular flexibility index (Phi) is 21.2. The van der Waals surface area contributed by atoms with Crippen LogP contribution in [0.1, 0.15) is 80.1 Å². The van der Waals surface area contributed by atoms with Crippen LogP contribution >= 0.6 is 0 Å². The molecule has 21 nitrogen and oxygen atoms in total. The molecular formula is C53H68F3N15O6S. The number of hydrogen-bond acceptors (Lipinski definition) is 19. The largest absolute Gasteiger partial charge is 0.444 e. The molecule has 6 aromatic rings. The van der Waals surface area contributed by atoms with Crippen LogP contribution in [0.25, 0.3) is 33.8 Å². The second-order valence-corrected chi connectivity index (χ2v) is 22.5. The smallest absolute Gasteiger partial charge is 0.407 e. The molecule has 0 radical (unpaired) electrons. The van der Waals surface area contributed by atoms with E-state index in [1.807, 2.05) is 46.4 Å². The predicted octanol–water partition coefficient (Wildman–Crippen LogP) is 7.12. The van der Waals surface area contributed by atoms with Crippen LogP contribution in [0.2, 0.25) is 0 Å². The highest BCUT2D eigenvalue weighted by Gasteiger charge is 2.26. The minimum Gasteiger partial charge on any atom is -0.444 e. The first-order valence-corrected chi connectivity index (χ1v) is 27.4. The second-order valence-electron chi connectivity index (χ2n) is 20.6. The van der Waals surface area contributed by atoms with Crippen molar-refractivity contribution in [2.75, 3.05) is 55.3 Å². The first-order valence-electron chi connectivity index (χ1n) is 25.5. The van der Waals surface area contributed by atoms with E-state index in [0.717, 1.165) is 82.1 Å². The third kappa shape index (κ3) is 20.1. The van der Waals surface area contributed by atoms with Crippen molar-refractivity contribution in [2.24, 2.45) is 5.73 Å². The van der Waals surface area contributed by atoms with Gasteiger partial charge in [0.25, 0.3) is 5.16 Å². The number of amides is 2. The number of rotatable bonds is 8. The van der Waals surface area contributed by atoms with Gasteiger partial charge in [-0.15, -0.1) is 15.3 Å². The summed E-state index contributed by atoms with van der Waals surface area (Å²) in [6, 6.07) is 18.4. The standard InChI is InChI=1S/C19H24FN5O2.C14H16FN5.C10H8FN3O2S.C10H20N2O2/c1-19(2,3)27-18(26)22-15-8-10-25(11-9-15)17-23-16(12-21-24-17)13-4-6-14(20)7-5-13;15-11-3-1-10(2-4-11)13-9-17-19-14(18-13)20-7-5-12(16)6-8-20;1-17(15,16)10-13-9(6-12-14-10)7-2-4-8(11)5-3-7;1-10(2,3)14-9(13)12-8-4-6-11-7-5-8/h4-7,12,15H,8-11H2,1-3H3,(H,22,26);1-4,9,12H,5-8,16H2;2-6H,1H3;8,11H,4-7H2,1-3H3,(H,12,13). The minimum absolute atomic E-state index is 0.0596. The monoisotopic (exact) mass is 1100 g/mol. The second kappa shape index (κ2) is 27.7. The average Bonchev–Trinajstić information content (AvgIpc) is 3.40. The molecule has 25 heteroatoms. The van der Waals surface area contributed by atoms with Gasteiger partial charge in [0.05, 0.1) is 35.7 Å². The van der Waals surface area contributed by atoms with E-state index in [1.165, 1.54) is 54.7 Å². The third-order valence-corrected chi connectivity index (χ3v) is 12.6. The van der Waals surface area contributed by atoms with E-state index < -0.39 is 27.1 Å². The lowest BCUT2D eigenvalue weighted by Gasteiger charge is -2.32. The number of hydrogen-bond donors (Lipinski definition) is 4. The highest BCUT2D eigenvalue weighted by molar-refractivity contribution is 7.90. The van der Waals surface area contributed by atoms with E-state index in [0.29, 0.717) is 47.6 Å². The van der Waals surface area contributed by atoms with E-state index in [9.17, 15) is 31.2 Å². The number of ether oxygens (including phenoxy) is 2. The van der Waals surface area contributed by atoms with Gasteiger partial charge in [0.15, 0.2) is 0 Å². The van der Waals surface area contributed by atoms with Crippen LogP contribution in [-0.2, 0) is 19.3 Å². The van der Waals surface area contributed by atoms with Crippen molar-refractivity contribution in [1.82, 2.24) is 61.5 Å². The third-order valence-electron chi connectivity index (χ3n) is 11.8. The van der Waals surface area contributed by atoms with Gasteiger partial charge in [-0.3, -0.25) is 0 Å². The molecule has 6 heterocycles. The predicted molar refractivity (Wildman–Crippen MR) is 288 cm³/mol. The molecule has 5 N–H and O–H groups in total. The van der Waals surface area contributed by atoms with Crippen LogP contribution in [0.3, 0.4) is 0 Å². The first kappa shape index (κ1) is 59.7. The molecule has 0 atom stereocenters. The summed E-state index contributed by atoms with van der Waals surface area (Å²) in [6.45, 7) is 16.2. The van der Waals surface area contributed by atoms with E-state index >= 15 is 0 Å². The lowest BCUT2D eigenvalue weighted by molar-refractivity contribution is 0.0484. The van der Waals surface area contributed by atoms with Crippen molar-refractivity contribution in [2.45, 2.75) is 115 Å². The Morgan fingerprint density at radius 2 is 0.910 bits per heavy atom. The van der Waals surface area contributed by atoms with Crippen molar-refractivity contribution in [3.05, 3.63) is 109 Å². The first-order chi connectivity index (χ1) is 37.0. The molecule has 0 bridgehead atoms. The van der Waals surface area contributed by atoms with E-state index in [1.54, 1.807) is 36.7 Å². The molecular weight excluding hydrogens is 1030 g/mol. The molecule has 0 saturated carbocycles. The number of nitrogens with two attached hydrogens (primary N) is 1. The zero-order valence-corrected chi connectivity index (χ0v) is 45.7. The Morgan fingerprint density at radius 1 is 0.564 bits per heavy atom. The number of nitrogens with zero attached hydrogens (tertiary/aromatic N) is 11. The number of nitrogens with one attached hydrogen (secondary N) is 3. The van der Waals surface area contributed by atoms with Crippen LogP contribution in [0.5, 0.6) is 0 Å². The van der Waals surface area contributed by atoms with Gasteiger partial charge >= 0.3 is 12.2 Å². The van der Waals surface area contributed by atoms with Crippen molar-refractivity contribution < 1.29 is 40.7 Å². The quantitative estimate of drug-likeness (QED) is 0.118. The molecule has 0 unspecified atom stereocenters. The lowest BCUT2D eigenvalue weighted by atomic mass is 10.1. The molecule has 3 aromatic heterocycles. The lowest BCUT2D eigenvalue weighted by Crippen LogP contribution is -2.46. The molecule has 3 fully saturated rings. The average molecular weight is 1100 g/mol. The summed E-state index contributed by atoms with van der Waals surface area (Å²) >= 11 is 0. The topological polar surface area (TPSA) is 271 Å². The Labute approximate surface area is 452 Å². The fourth-order valence-corrected chi connectivity index (χ4v) is 8.28. The fourth-order valence-electron chi connectivity index (χ4n) is 7.82. The highest BCUT2D eigenvalue weighted by atomic mass is 32.2. The summed E-state index contributed by atoms with van der Waals surface area (Å²) in [5, 5.41) is 31.9. The van der Waals surface area contributed by atoms with Gasteiger partial charge in [-0.25, -0.2) is 46.1 Å². The summed E-state index contributed by atoms with van der Waals surface area (Å²) in [7, 11) is -3.50. The van der Waals surface area contributed by atoms with Crippen molar-refractivity contribution in [3.63, 3.8) is 0 Å². The summed E-state index contributed by atoms with van der Waals surface area (Å²) < 4.78 is 71.7. The molecule has 3 aromatic carbocycles. The Bertz CT molecular complexity index is 2970. The van der Waals surface area contributed by atoms with Gasteiger partial charge in [-0.1, -0.05) is 0 Å². The van der Waals surface area contributed by atoms with Crippen LogP contribution in [0.15, 0.2) is 96.5 Å². The number of sulfone groups is 1. The number of halogens is 3. The zero-order chi connectivity index (χ0) is 56.5. The maximum Gasteiger partial charge on any atom is 0.407 e. The zero-order valence-electron chi connectivity index (χ0n) is 44.9. The number of anilines is 2. The van der Waals surface area contributed by atoms with Gasteiger partial charge in [-0.2, -0.15) is 15.3 Å². The molecule has 3 aliphatic rings. The van der Waals surface area contributed by atoms with Crippen LogP contribution in [0, 0.1) is 17.5 Å². The number of aromatic nitrogens is 9. The molecule has 418 valence electrons. The van der Waals surface area contributed by atoms with Gasteiger partial charge in [-0.05, 0) is 166 Å². The van der Waals surface area contributed by atoms with Crippen molar-refractivity contribution in [1.29, 1.82) is 0 Å². The van der Waals surface area contributed by atoms with E-state index in [2.05, 4.69) is 66.4 Å². The van der Waals surface area contributed by atoms with Gasteiger partial charge in [0, 0.05) is 67.3 Å². The van der Waals surface area contributed by atoms with E-state index in [4.69, 9.17) is 15.2 Å². The molecule has 0 spiro atoms. The van der Waals surface area contributed by atoms with Crippen LogP contribution in [-0.4, -0.2) is 141 Å². The molecule has 3 aliphatic heterocycles. The van der Waals surface area contributed by atoms with Crippen molar-refractivity contribution >= 4 is 33.9 Å². The minimum atomic E-state index is -3.50. The summed E-state index contributed by atoms with van der Waals surface area (Å²) in [5.41, 5.74) is 8.85. The normalized spacial score (nSPS) is 15.5. The Hall–Kier alpha value is -7.51. The highest BCUT2D eigenvalue weighted by Crippen LogP contribution is 2.23. The van der Waals surface area contributed by atoms with Gasteiger partial charge in [0.2, 0.25) is 21.7 Å². The van der Waals surface area contributed by atoms with E-state index in [-0.39, 0.29) is 46.8 Å². The van der Waals surface area contributed by atoms with Gasteiger partial charge in [0.1, 0.15) is 28.7 Å². The van der Waals surface area contributed by atoms with Crippen LogP contribution in [0.4, 0.5) is 34.7 Å². The maximum absolute atomic E-state index is 13.1. The van der Waals surface area contributed by atoms with Crippen molar-refractivity contribution in [3.8, 4) is 33.8 Å². The Balaban J connectivity index is 0.000000173. The molecule has 3 saturated heterocycles. The number of piperidine rings is 3. The maximum atomic E-state index is 13.1.